The van der Waals surface area contributed by atoms with Crippen molar-refractivity contribution in [3.05, 3.63) is 65.2 Å². The fraction of sp³-hybridized carbons (Fsp3) is 0.417. The largest absolute Gasteiger partial charge is 0.354 e. The van der Waals surface area contributed by atoms with Gasteiger partial charge in [-0.2, -0.15) is 12.7 Å². The third kappa shape index (κ3) is 7.19. The molecule has 0 saturated heterocycles. The first kappa shape index (κ1) is 27.6. The third-order valence-electron chi connectivity index (χ3n) is 5.21. The van der Waals surface area contributed by atoms with Crippen molar-refractivity contribution >= 4 is 39.3 Å². The van der Waals surface area contributed by atoms with Crippen LogP contribution in [0, 0.1) is 5.92 Å². The number of carbonyl (C=O) groups excluding carboxylic acids is 2. The summed E-state index contributed by atoms with van der Waals surface area (Å²) in [6.07, 6.45) is 0. The summed E-state index contributed by atoms with van der Waals surface area (Å²) < 4.78 is 28.2. The lowest BCUT2D eigenvalue weighted by atomic mass is 10.1. The second kappa shape index (κ2) is 12.2. The molecule has 1 unspecified atom stereocenters. The first-order valence-electron chi connectivity index (χ1n) is 11.0. The van der Waals surface area contributed by atoms with Crippen LogP contribution in [0.5, 0.6) is 0 Å². The van der Waals surface area contributed by atoms with Crippen molar-refractivity contribution < 1.29 is 18.0 Å². The molecule has 2 aromatic rings. The van der Waals surface area contributed by atoms with Crippen molar-refractivity contribution in [1.29, 1.82) is 0 Å². The van der Waals surface area contributed by atoms with Gasteiger partial charge in [-0.25, -0.2) is 4.31 Å². The molecule has 0 saturated carbocycles. The van der Waals surface area contributed by atoms with Crippen LogP contribution in [0.2, 0.25) is 5.02 Å². The number of anilines is 1. The molecular formula is C24H33ClN4O4S. The molecule has 34 heavy (non-hydrogen) atoms. The summed E-state index contributed by atoms with van der Waals surface area (Å²) in [5.41, 5.74) is 1.00. The predicted octanol–water partition coefficient (Wildman–Crippen LogP) is 3.14. The van der Waals surface area contributed by atoms with Crippen LogP contribution < -0.4 is 9.62 Å². The molecule has 1 atom stereocenters. The van der Waals surface area contributed by atoms with Gasteiger partial charge in [0.25, 0.3) is 0 Å². The van der Waals surface area contributed by atoms with Crippen LogP contribution in [0.1, 0.15) is 26.3 Å². The van der Waals surface area contributed by atoms with Crippen LogP contribution in [-0.2, 0) is 26.3 Å². The number of halogens is 1. The molecule has 0 aliphatic rings. The molecule has 2 amide bonds. The van der Waals surface area contributed by atoms with E-state index in [9.17, 15) is 18.0 Å². The number of para-hydroxylation sites is 1. The Morgan fingerprint density at radius 2 is 1.56 bits per heavy atom. The van der Waals surface area contributed by atoms with Crippen molar-refractivity contribution in [2.24, 2.45) is 5.92 Å². The van der Waals surface area contributed by atoms with E-state index < -0.39 is 28.7 Å². The van der Waals surface area contributed by atoms with Crippen LogP contribution in [0.25, 0.3) is 0 Å². The summed E-state index contributed by atoms with van der Waals surface area (Å²) in [7, 11) is -1.17. The Hall–Kier alpha value is -2.62. The monoisotopic (exact) mass is 508 g/mol. The van der Waals surface area contributed by atoms with Gasteiger partial charge in [-0.15, -0.1) is 0 Å². The van der Waals surface area contributed by atoms with Gasteiger partial charge in [-0.3, -0.25) is 9.59 Å². The average Bonchev–Trinajstić information content (AvgIpc) is 2.80. The van der Waals surface area contributed by atoms with Gasteiger partial charge in [0.1, 0.15) is 12.6 Å². The maximum Gasteiger partial charge on any atom is 0.304 e. The number of nitrogens with one attached hydrogen (secondary N) is 1. The first-order chi connectivity index (χ1) is 15.9. The zero-order valence-corrected chi connectivity index (χ0v) is 21.8. The summed E-state index contributed by atoms with van der Waals surface area (Å²) >= 11 is 6.32. The number of rotatable bonds is 11. The van der Waals surface area contributed by atoms with Gasteiger partial charge >= 0.3 is 10.2 Å². The highest BCUT2D eigenvalue weighted by molar-refractivity contribution is 7.90. The Morgan fingerprint density at radius 3 is 2.12 bits per heavy atom. The molecule has 10 heteroatoms. The summed E-state index contributed by atoms with van der Waals surface area (Å²) in [5, 5.41) is 3.30. The topological polar surface area (TPSA) is 90.0 Å². The van der Waals surface area contributed by atoms with E-state index >= 15 is 0 Å². The lowest BCUT2D eigenvalue weighted by molar-refractivity contribution is -0.139. The molecule has 0 aliphatic carbocycles. The number of benzene rings is 2. The molecule has 0 spiro atoms. The van der Waals surface area contributed by atoms with Gasteiger partial charge in [0.2, 0.25) is 11.8 Å². The summed E-state index contributed by atoms with van der Waals surface area (Å²) in [6, 6.07) is 14.6. The number of hydrogen-bond donors (Lipinski definition) is 1. The first-order valence-corrected chi connectivity index (χ1v) is 12.8. The van der Waals surface area contributed by atoms with Gasteiger partial charge in [0.15, 0.2) is 0 Å². The molecule has 2 rings (SSSR count). The van der Waals surface area contributed by atoms with Crippen molar-refractivity contribution in [2.75, 3.05) is 31.5 Å². The Morgan fingerprint density at radius 1 is 0.971 bits per heavy atom. The fourth-order valence-corrected chi connectivity index (χ4v) is 4.41. The minimum atomic E-state index is -3.98. The lowest BCUT2D eigenvalue weighted by Gasteiger charge is -2.33. The Bertz CT molecular complexity index is 1080. The maximum atomic E-state index is 13.6. The highest BCUT2D eigenvalue weighted by Crippen LogP contribution is 2.22. The maximum absolute atomic E-state index is 13.6. The summed E-state index contributed by atoms with van der Waals surface area (Å²) in [6.45, 7) is 5.61. The minimum absolute atomic E-state index is 0.0550. The van der Waals surface area contributed by atoms with E-state index in [-0.39, 0.29) is 18.4 Å². The molecule has 0 fully saturated rings. The SMILES string of the molecule is CC(C)CNC(=O)C(C)N(Cc1ccccc1Cl)C(=O)CN(c1ccccc1)S(=O)(=O)N(C)C. The van der Waals surface area contributed by atoms with Gasteiger partial charge in [0.05, 0.1) is 5.69 Å². The third-order valence-corrected chi connectivity index (χ3v) is 7.40. The quantitative estimate of drug-likeness (QED) is 0.505. The van der Waals surface area contributed by atoms with E-state index in [0.717, 1.165) is 8.61 Å². The van der Waals surface area contributed by atoms with Gasteiger partial charge in [-0.05, 0) is 36.6 Å². The second-order valence-corrected chi connectivity index (χ2v) is 11.0. The van der Waals surface area contributed by atoms with E-state index in [1.165, 1.54) is 19.0 Å². The molecule has 8 nitrogen and oxygen atoms in total. The number of carbonyl (C=O) groups is 2. The zero-order valence-electron chi connectivity index (χ0n) is 20.2. The Labute approximate surface area is 207 Å². The normalized spacial score (nSPS) is 12.5. The van der Waals surface area contributed by atoms with E-state index in [2.05, 4.69) is 5.32 Å². The number of hydrogen-bond acceptors (Lipinski definition) is 4. The molecular weight excluding hydrogens is 476 g/mol. The van der Waals surface area contributed by atoms with Gasteiger partial charge in [0, 0.05) is 32.2 Å². The number of amides is 2. The van der Waals surface area contributed by atoms with E-state index in [0.29, 0.717) is 22.8 Å². The van der Waals surface area contributed by atoms with E-state index in [1.807, 2.05) is 13.8 Å². The van der Waals surface area contributed by atoms with Gasteiger partial charge < -0.3 is 10.2 Å². The molecule has 0 radical (unpaired) electrons. The van der Waals surface area contributed by atoms with Crippen LogP contribution >= 0.6 is 11.6 Å². The Kier molecular flexibility index (Phi) is 9.90. The van der Waals surface area contributed by atoms with E-state index in [1.54, 1.807) is 61.5 Å². The van der Waals surface area contributed by atoms with Crippen molar-refractivity contribution in [3.63, 3.8) is 0 Å². The molecule has 0 aliphatic heterocycles. The van der Waals surface area contributed by atoms with Crippen LogP contribution in [-0.4, -0.2) is 62.7 Å². The van der Waals surface area contributed by atoms with Gasteiger partial charge in [-0.1, -0.05) is 61.8 Å². The highest BCUT2D eigenvalue weighted by atomic mass is 35.5. The van der Waals surface area contributed by atoms with Crippen molar-refractivity contribution in [3.8, 4) is 0 Å². The standard InChI is InChI=1S/C24H33ClN4O4S/c1-18(2)15-26-24(31)19(3)28(16-20-11-9-10-14-22(20)25)23(30)17-29(34(32,33)27(4)5)21-12-7-6-8-13-21/h6-14,18-19H,15-17H2,1-5H3,(H,26,31). The molecule has 0 aromatic heterocycles. The van der Waals surface area contributed by atoms with Crippen LogP contribution in [0.4, 0.5) is 5.69 Å². The fourth-order valence-electron chi connectivity index (χ4n) is 3.16. The molecule has 2 aromatic carbocycles. The smallest absolute Gasteiger partial charge is 0.304 e. The zero-order chi connectivity index (χ0) is 25.5. The van der Waals surface area contributed by atoms with Crippen LogP contribution in [0.15, 0.2) is 54.6 Å². The highest BCUT2D eigenvalue weighted by Gasteiger charge is 2.32. The average molecular weight is 509 g/mol. The predicted molar refractivity (Wildman–Crippen MR) is 136 cm³/mol. The number of nitrogens with zero attached hydrogens (tertiary/aromatic N) is 3. The minimum Gasteiger partial charge on any atom is -0.354 e. The molecule has 186 valence electrons. The van der Waals surface area contributed by atoms with Crippen molar-refractivity contribution in [2.45, 2.75) is 33.4 Å². The second-order valence-electron chi connectivity index (χ2n) is 8.56. The molecule has 0 bridgehead atoms. The Balaban J connectivity index is 2.41. The van der Waals surface area contributed by atoms with E-state index in [4.69, 9.17) is 11.6 Å². The lowest BCUT2D eigenvalue weighted by Crippen LogP contribution is -2.52. The summed E-state index contributed by atoms with van der Waals surface area (Å²) in [4.78, 5) is 27.8. The molecule has 1 N–H and O–H groups in total. The van der Waals surface area contributed by atoms with Crippen molar-refractivity contribution in [1.82, 2.24) is 14.5 Å². The van der Waals surface area contributed by atoms with Crippen LogP contribution in [0.3, 0.4) is 0 Å². The molecule has 0 heterocycles. The summed E-state index contributed by atoms with van der Waals surface area (Å²) in [5.74, 6) is -0.611.